The largest absolute Gasteiger partial charge is 0.353 e. The predicted octanol–water partition coefficient (Wildman–Crippen LogP) is 15.3. The smallest absolute Gasteiger partial charge is 0.192 e. The molecular formula is C57H54BN2S. The number of aromatic nitrogens is 1. The van der Waals surface area contributed by atoms with Gasteiger partial charge in [-0.05, 0) is 155 Å². The number of rotatable bonds is 5. The number of aryl methyl sites for hydroxylation is 1. The van der Waals surface area contributed by atoms with Crippen molar-refractivity contribution in [2.45, 2.75) is 98.3 Å². The molecule has 0 amide bonds. The molecule has 0 saturated carbocycles. The molecule has 3 heterocycles. The van der Waals surface area contributed by atoms with Crippen molar-refractivity contribution in [3.63, 3.8) is 0 Å². The number of para-hydroxylation sites is 1. The standard InChI is InChI=1S/C57H54BN2S/c1-10-32(3)50(33(4)11-2)36-29-42(39-20-16-21-41-52(39)59-53-40-19-14-15-22-49(40)61-55(41)53)51-48(30-36)60(47-31-45-44(27-34(47)5)56(6,7)25-26-57(45,8)9)54-43-28-35-17-12-13-18-37(35)38(43)23-24-46(54)58-51/h10-22,27,29-31,59H,1,23-26,28H2,2-9H3/b33-11-,50-32+. The van der Waals surface area contributed by atoms with Gasteiger partial charge in [0.25, 0.3) is 0 Å². The van der Waals surface area contributed by atoms with Crippen molar-refractivity contribution in [1.29, 1.82) is 0 Å². The van der Waals surface area contributed by atoms with E-state index in [1.54, 1.807) is 0 Å². The molecule has 0 unspecified atom stereocenters. The van der Waals surface area contributed by atoms with E-state index in [1.165, 1.54) is 144 Å². The maximum absolute atomic E-state index is 4.31. The van der Waals surface area contributed by atoms with Crippen LogP contribution >= 0.6 is 11.3 Å². The lowest BCUT2D eigenvalue weighted by molar-refractivity contribution is 0.332. The molecule has 4 aliphatic rings. The van der Waals surface area contributed by atoms with Crippen LogP contribution in [0.15, 0.2) is 138 Å². The summed E-state index contributed by atoms with van der Waals surface area (Å²) in [5.41, 5.74) is 27.0. The first-order valence-electron chi connectivity index (χ1n) is 22.3. The van der Waals surface area contributed by atoms with Crippen molar-refractivity contribution in [2.75, 3.05) is 4.90 Å². The number of fused-ring (bicyclic) bond motifs is 10. The number of nitrogens with zero attached hydrogens (tertiary/aromatic N) is 1. The van der Waals surface area contributed by atoms with Crippen LogP contribution in [0.4, 0.5) is 11.4 Å². The molecule has 1 radical (unpaired) electrons. The minimum atomic E-state index is 0.0726. The summed E-state index contributed by atoms with van der Waals surface area (Å²) in [5.74, 6) is 0. The number of allylic oxidation sites excluding steroid dienone is 8. The topological polar surface area (TPSA) is 19.0 Å². The lowest BCUT2D eigenvalue weighted by Gasteiger charge is -2.45. The second kappa shape index (κ2) is 13.7. The average molecular weight is 810 g/mol. The van der Waals surface area contributed by atoms with Crippen molar-refractivity contribution in [3.05, 3.63) is 171 Å². The fourth-order valence-electron chi connectivity index (χ4n) is 11.4. The van der Waals surface area contributed by atoms with Crippen molar-refractivity contribution < 1.29 is 0 Å². The molecule has 4 heteroatoms. The molecule has 0 fully saturated rings. The molecule has 0 atom stereocenters. The Morgan fingerprint density at radius 2 is 1.49 bits per heavy atom. The number of nitrogens with one attached hydrogen (secondary N) is 1. The van der Waals surface area contributed by atoms with Crippen LogP contribution in [0.5, 0.6) is 0 Å². The maximum atomic E-state index is 4.31. The quantitative estimate of drug-likeness (QED) is 0.136. The van der Waals surface area contributed by atoms with Gasteiger partial charge >= 0.3 is 0 Å². The second-order valence-corrected chi connectivity index (χ2v) is 20.5. The highest BCUT2D eigenvalue weighted by atomic mass is 32.1. The van der Waals surface area contributed by atoms with Crippen molar-refractivity contribution in [3.8, 4) is 11.1 Å². The van der Waals surface area contributed by atoms with Crippen molar-refractivity contribution in [2.24, 2.45) is 0 Å². The third-order valence-corrected chi connectivity index (χ3v) is 16.1. The molecule has 1 N–H and O–H groups in total. The number of thiophene rings is 1. The molecule has 0 saturated heterocycles. The third kappa shape index (κ3) is 5.67. The van der Waals surface area contributed by atoms with Gasteiger partial charge in [0.2, 0.25) is 0 Å². The normalized spacial score (nSPS) is 18.2. The van der Waals surface area contributed by atoms with E-state index in [-0.39, 0.29) is 10.8 Å². The Morgan fingerprint density at radius 1 is 0.770 bits per heavy atom. The van der Waals surface area contributed by atoms with Gasteiger partial charge in [0.05, 0.1) is 15.7 Å². The Kier molecular flexibility index (Phi) is 8.62. The Balaban J connectivity index is 1.25. The van der Waals surface area contributed by atoms with Crippen LogP contribution < -0.4 is 10.4 Å². The van der Waals surface area contributed by atoms with E-state index in [1.807, 2.05) is 17.4 Å². The number of aromatic amines is 1. The van der Waals surface area contributed by atoms with E-state index >= 15 is 0 Å². The first-order chi connectivity index (χ1) is 29.4. The summed E-state index contributed by atoms with van der Waals surface area (Å²) < 4.78 is 2.65. The molecule has 2 nitrogen and oxygen atoms in total. The van der Waals surface area contributed by atoms with Crippen LogP contribution in [0.3, 0.4) is 0 Å². The molecule has 301 valence electrons. The third-order valence-electron chi connectivity index (χ3n) is 14.9. The monoisotopic (exact) mass is 809 g/mol. The van der Waals surface area contributed by atoms with Crippen LogP contribution in [0.25, 0.3) is 53.5 Å². The molecule has 1 aliphatic heterocycles. The average Bonchev–Trinajstić information content (AvgIpc) is 3.94. The molecule has 5 aromatic carbocycles. The molecule has 0 spiro atoms. The Hall–Kier alpha value is -5.58. The summed E-state index contributed by atoms with van der Waals surface area (Å²) in [7, 11) is 2.58. The van der Waals surface area contributed by atoms with Crippen LogP contribution in [0.2, 0.25) is 0 Å². The van der Waals surface area contributed by atoms with E-state index in [0.29, 0.717) is 0 Å². The molecule has 2 aromatic heterocycles. The summed E-state index contributed by atoms with van der Waals surface area (Å²) in [5, 5.41) is 2.58. The fourth-order valence-corrected chi connectivity index (χ4v) is 12.6. The van der Waals surface area contributed by atoms with Gasteiger partial charge in [-0.15, -0.1) is 11.3 Å². The van der Waals surface area contributed by atoms with Gasteiger partial charge < -0.3 is 9.88 Å². The van der Waals surface area contributed by atoms with E-state index in [9.17, 15) is 0 Å². The van der Waals surface area contributed by atoms with E-state index in [2.05, 4.69) is 176 Å². The van der Waals surface area contributed by atoms with Gasteiger partial charge in [-0.3, -0.25) is 0 Å². The minimum absolute atomic E-state index is 0.0726. The summed E-state index contributed by atoms with van der Waals surface area (Å²) in [4.78, 5) is 6.75. The molecular weight excluding hydrogens is 756 g/mol. The second-order valence-electron chi connectivity index (χ2n) is 19.4. The first-order valence-corrected chi connectivity index (χ1v) is 23.1. The highest BCUT2D eigenvalue weighted by molar-refractivity contribution is 7.26. The number of hydrogen-bond donors (Lipinski definition) is 1. The van der Waals surface area contributed by atoms with E-state index < -0.39 is 0 Å². The zero-order valence-corrected chi connectivity index (χ0v) is 37.8. The number of hydrogen-bond acceptors (Lipinski definition) is 2. The SMILES string of the molecule is C=C/C(C)=C(\C(C)=C/C)c1cc(-c2cccc3c2[nH]c2c4ccccc4sc32)c2c(c1)N(c1cc3c(cc1C)C(C)(C)CCC3(C)C)C1=C([B]2)CCC2=C1Cc1ccccc12. The van der Waals surface area contributed by atoms with Gasteiger partial charge in [0.1, 0.15) is 0 Å². The zero-order valence-electron chi connectivity index (χ0n) is 37.0. The minimum Gasteiger partial charge on any atom is -0.353 e. The molecule has 0 bridgehead atoms. The summed E-state index contributed by atoms with van der Waals surface area (Å²) >= 11 is 1.90. The summed E-state index contributed by atoms with van der Waals surface area (Å²) in [6.45, 7) is 23.1. The van der Waals surface area contributed by atoms with Crippen LogP contribution in [-0.2, 0) is 17.3 Å². The zero-order chi connectivity index (χ0) is 42.1. The van der Waals surface area contributed by atoms with Crippen LogP contribution in [0.1, 0.15) is 108 Å². The van der Waals surface area contributed by atoms with Crippen molar-refractivity contribution in [1.82, 2.24) is 4.98 Å². The number of H-pyrrole nitrogens is 1. The van der Waals surface area contributed by atoms with Crippen LogP contribution in [-0.4, -0.2) is 12.3 Å². The lowest BCUT2D eigenvalue weighted by Crippen LogP contribution is -2.39. The van der Waals surface area contributed by atoms with Crippen molar-refractivity contribution >= 4 is 77.8 Å². The van der Waals surface area contributed by atoms with Gasteiger partial charge in [-0.25, -0.2) is 0 Å². The molecule has 3 aliphatic carbocycles. The van der Waals surface area contributed by atoms with Gasteiger partial charge in [0.15, 0.2) is 7.28 Å². The lowest BCUT2D eigenvalue weighted by atomic mass is 9.54. The van der Waals surface area contributed by atoms with Gasteiger partial charge in [-0.1, -0.05) is 124 Å². The number of anilines is 2. The molecule has 7 aromatic rings. The fraction of sp³-hybridized carbons (Fsp3) is 0.263. The highest BCUT2D eigenvalue weighted by Crippen LogP contribution is 2.54. The Labute approximate surface area is 366 Å². The first kappa shape index (κ1) is 38.4. The highest BCUT2D eigenvalue weighted by Gasteiger charge is 2.41. The Bertz CT molecular complexity index is 3210. The van der Waals surface area contributed by atoms with Gasteiger partial charge in [0, 0.05) is 44.5 Å². The van der Waals surface area contributed by atoms with E-state index in [0.717, 1.165) is 19.3 Å². The van der Waals surface area contributed by atoms with Gasteiger partial charge in [-0.2, -0.15) is 0 Å². The molecule has 61 heavy (non-hydrogen) atoms. The summed E-state index contributed by atoms with van der Waals surface area (Å²) in [6.07, 6.45) is 9.69. The Morgan fingerprint density at radius 3 is 2.28 bits per heavy atom. The molecule has 11 rings (SSSR count). The maximum Gasteiger partial charge on any atom is 0.192 e. The van der Waals surface area contributed by atoms with Crippen LogP contribution in [0, 0.1) is 6.92 Å². The predicted molar refractivity (Wildman–Crippen MR) is 266 cm³/mol. The number of benzene rings is 5. The van der Waals surface area contributed by atoms with E-state index in [4.69, 9.17) is 0 Å². The summed E-state index contributed by atoms with van der Waals surface area (Å²) in [6, 6.07) is 35.1.